The number of benzene rings is 1. The Morgan fingerprint density at radius 3 is 3.14 bits per heavy atom. The fourth-order valence-corrected chi connectivity index (χ4v) is 5.62. The van der Waals surface area contributed by atoms with Gasteiger partial charge in [0.15, 0.2) is 0 Å². The maximum Gasteiger partial charge on any atom is 0.262 e. The lowest BCUT2D eigenvalue weighted by Crippen LogP contribution is -2.28. The molecule has 3 aromatic heterocycles. The minimum absolute atomic E-state index is 0.0866. The molecule has 0 saturated carbocycles. The smallest absolute Gasteiger partial charge is 0.262 e. The first-order chi connectivity index (χ1) is 13.6. The molecule has 0 spiro atoms. The van der Waals surface area contributed by atoms with Gasteiger partial charge in [0.1, 0.15) is 22.4 Å². The number of carbonyl (C=O) groups is 1. The van der Waals surface area contributed by atoms with Crippen LogP contribution < -0.4 is 10.9 Å². The van der Waals surface area contributed by atoms with Gasteiger partial charge in [-0.2, -0.15) is 8.75 Å². The molecule has 0 radical (unpaired) electrons. The number of hydrogen-bond acceptors (Lipinski definition) is 7. The van der Waals surface area contributed by atoms with E-state index in [1.807, 2.05) is 12.1 Å². The molecule has 0 unspecified atom stereocenters. The van der Waals surface area contributed by atoms with Crippen LogP contribution in [-0.2, 0) is 24.2 Å². The summed E-state index contributed by atoms with van der Waals surface area (Å²) in [6.45, 7) is 2.15. The van der Waals surface area contributed by atoms with Crippen LogP contribution in [-0.4, -0.2) is 24.2 Å². The second kappa shape index (κ2) is 6.75. The Kier molecular flexibility index (Phi) is 4.21. The Morgan fingerprint density at radius 2 is 2.25 bits per heavy atom. The van der Waals surface area contributed by atoms with Crippen molar-refractivity contribution in [3.63, 3.8) is 0 Å². The van der Waals surface area contributed by atoms with Gasteiger partial charge in [0.25, 0.3) is 5.56 Å². The zero-order chi connectivity index (χ0) is 19.3. The third-order valence-electron chi connectivity index (χ3n) is 5.16. The molecule has 9 heteroatoms. The molecule has 142 valence electrons. The second-order valence-electron chi connectivity index (χ2n) is 7.20. The number of anilines is 1. The van der Waals surface area contributed by atoms with E-state index >= 15 is 0 Å². The van der Waals surface area contributed by atoms with Crippen molar-refractivity contribution >= 4 is 55.9 Å². The van der Waals surface area contributed by atoms with E-state index in [-0.39, 0.29) is 18.0 Å². The van der Waals surface area contributed by atoms with E-state index < -0.39 is 0 Å². The molecule has 1 N–H and O–H groups in total. The number of aromatic nitrogens is 4. The highest BCUT2D eigenvalue weighted by Crippen LogP contribution is 2.35. The largest absolute Gasteiger partial charge is 0.323 e. The summed E-state index contributed by atoms with van der Waals surface area (Å²) in [5.74, 6) is 0.345. The zero-order valence-corrected chi connectivity index (χ0v) is 16.8. The second-order valence-corrected chi connectivity index (χ2v) is 8.81. The number of aryl methyl sites for hydroxylation is 1. The molecule has 0 bridgehead atoms. The predicted octanol–water partition coefficient (Wildman–Crippen LogP) is 3.23. The molecule has 0 fully saturated rings. The molecule has 1 aliphatic carbocycles. The summed E-state index contributed by atoms with van der Waals surface area (Å²) < 4.78 is 9.79. The molecule has 1 amide bonds. The SMILES string of the molecule is C[C@@H]1CCc2c(sc3ncn(CC(=O)Nc4cccc5nsnc45)c(=O)c23)C1. The van der Waals surface area contributed by atoms with Gasteiger partial charge in [-0.05, 0) is 42.9 Å². The summed E-state index contributed by atoms with van der Waals surface area (Å²) in [6, 6.07) is 5.44. The van der Waals surface area contributed by atoms with Gasteiger partial charge in [0.2, 0.25) is 5.91 Å². The minimum Gasteiger partial charge on any atom is -0.323 e. The van der Waals surface area contributed by atoms with E-state index in [4.69, 9.17) is 0 Å². The van der Waals surface area contributed by atoms with Gasteiger partial charge < -0.3 is 5.32 Å². The summed E-state index contributed by atoms with van der Waals surface area (Å²) in [6.07, 6.45) is 4.46. The van der Waals surface area contributed by atoms with Crippen molar-refractivity contribution in [2.24, 2.45) is 5.92 Å². The van der Waals surface area contributed by atoms with E-state index in [9.17, 15) is 9.59 Å². The van der Waals surface area contributed by atoms with Crippen LogP contribution >= 0.6 is 23.1 Å². The van der Waals surface area contributed by atoms with Gasteiger partial charge in [-0.15, -0.1) is 11.3 Å². The Labute approximate surface area is 168 Å². The summed E-state index contributed by atoms with van der Waals surface area (Å²) in [7, 11) is 0. The van der Waals surface area contributed by atoms with Crippen LogP contribution in [0.25, 0.3) is 21.3 Å². The molecule has 3 heterocycles. The number of nitrogens with zero attached hydrogens (tertiary/aromatic N) is 4. The molecule has 5 rings (SSSR count). The molecular weight excluding hydrogens is 394 g/mol. The van der Waals surface area contributed by atoms with Crippen LogP contribution in [0.5, 0.6) is 0 Å². The van der Waals surface area contributed by atoms with Crippen LogP contribution in [0.3, 0.4) is 0 Å². The fraction of sp³-hybridized carbons (Fsp3) is 0.316. The van der Waals surface area contributed by atoms with E-state index in [0.717, 1.165) is 46.9 Å². The molecule has 1 atom stereocenters. The van der Waals surface area contributed by atoms with E-state index in [2.05, 4.69) is 26.0 Å². The standard InChI is InChI=1S/C19H17N5O2S2/c1-10-5-6-11-14(7-10)27-18-16(11)19(26)24(9-20-18)8-15(25)21-12-3-2-4-13-17(12)23-28-22-13/h2-4,9-10H,5-8H2,1H3,(H,21,25)/t10-/m1/s1. The van der Waals surface area contributed by atoms with Crippen molar-refractivity contribution in [1.82, 2.24) is 18.3 Å². The maximum atomic E-state index is 13.0. The first-order valence-corrected chi connectivity index (χ1v) is 10.7. The molecule has 4 aromatic rings. The molecular formula is C19H17N5O2S2. The monoisotopic (exact) mass is 411 g/mol. The lowest BCUT2D eigenvalue weighted by Gasteiger charge is -2.17. The molecule has 0 saturated heterocycles. The predicted molar refractivity (Wildman–Crippen MR) is 111 cm³/mol. The number of carbonyl (C=O) groups excluding carboxylic acids is 1. The van der Waals surface area contributed by atoms with Crippen LogP contribution in [0, 0.1) is 5.92 Å². The minimum atomic E-state index is -0.290. The Balaban J connectivity index is 1.45. The highest BCUT2D eigenvalue weighted by atomic mass is 32.1. The van der Waals surface area contributed by atoms with Crippen LogP contribution in [0.4, 0.5) is 5.69 Å². The Morgan fingerprint density at radius 1 is 1.36 bits per heavy atom. The zero-order valence-electron chi connectivity index (χ0n) is 15.1. The summed E-state index contributed by atoms with van der Waals surface area (Å²) in [5, 5.41) is 3.53. The van der Waals surface area contributed by atoms with Crippen molar-refractivity contribution < 1.29 is 4.79 Å². The van der Waals surface area contributed by atoms with Gasteiger partial charge in [0.05, 0.1) is 29.1 Å². The van der Waals surface area contributed by atoms with Gasteiger partial charge in [-0.3, -0.25) is 14.2 Å². The summed E-state index contributed by atoms with van der Waals surface area (Å²) >= 11 is 2.71. The van der Waals surface area contributed by atoms with Crippen LogP contribution in [0.15, 0.2) is 29.3 Å². The third kappa shape index (κ3) is 2.91. The fourth-order valence-electron chi connectivity index (χ4n) is 3.73. The van der Waals surface area contributed by atoms with Crippen LogP contribution in [0.1, 0.15) is 23.8 Å². The average molecular weight is 412 g/mol. The topological polar surface area (TPSA) is 89.8 Å². The van der Waals surface area contributed by atoms with Crippen molar-refractivity contribution in [3.8, 4) is 0 Å². The highest BCUT2D eigenvalue weighted by molar-refractivity contribution is 7.18. The molecule has 28 heavy (non-hydrogen) atoms. The van der Waals surface area contributed by atoms with Gasteiger partial charge in [0, 0.05) is 4.88 Å². The molecule has 1 aromatic carbocycles. The normalized spacial score (nSPS) is 16.4. The highest BCUT2D eigenvalue weighted by Gasteiger charge is 2.23. The van der Waals surface area contributed by atoms with Crippen molar-refractivity contribution in [2.75, 3.05) is 5.32 Å². The van der Waals surface area contributed by atoms with E-state index in [0.29, 0.717) is 22.5 Å². The summed E-state index contributed by atoms with van der Waals surface area (Å²) in [4.78, 5) is 32.1. The molecule has 7 nitrogen and oxygen atoms in total. The number of nitrogens with one attached hydrogen (secondary N) is 1. The quantitative estimate of drug-likeness (QED) is 0.559. The van der Waals surface area contributed by atoms with Crippen LogP contribution in [0.2, 0.25) is 0 Å². The maximum absolute atomic E-state index is 13.0. The lowest BCUT2D eigenvalue weighted by molar-refractivity contribution is -0.116. The third-order valence-corrected chi connectivity index (χ3v) is 6.86. The first-order valence-electron chi connectivity index (χ1n) is 9.11. The number of amides is 1. The van der Waals surface area contributed by atoms with E-state index in [1.54, 1.807) is 17.4 Å². The van der Waals surface area contributed by atoms with Crippen molar-refractivity contribution in [3.05, 3.63) is 45.3 Å². The Bertz CT molecular complexity index is 1270. The van der Waals surface area contributed by atoms with Gasteiger partial charge in [-0.1, -0.05) is 13.0 Å². The first kappa shape index (κ1) is 17.4. The van der Waals surface area contributed by atoms with Crippen molar-refractivity contribution in [1.29, 1.82) is 0 Å². The number of thiophene rings is 1. The summed E-state index contributed by atoms with van der Waals surface area (Å²) in [5.41, 5.74) is 2.98. The van der Waals surface area contributed by atoms with E-state index in [1.165, 1.54) is 15.8 Å². The lowest BCUT2D eigenvalue weighted by atomic mass is 9.89. The van der Waals surface area contributed by atoms with Gasteiger partial charge >= 0.3 is 0 Å². The van der Waals surface area contributed by atoms with Gasteiger partial charge in [-0.25, -0.2) is 4.98 Å². The number of hydrogen-bond donors (Lipinski definition) is 1. The molecule has 1 aliphatic rings. The number of fused-ring (bicyclic) bond motifs is 4. The Hall–Kier alpha value is -2.65. The van der Waals surface area contributed by atoms with Crippen molar-refractivity contribution in [2.45, 2.75) is 32.7 Å². The number of rotatable bonds is 3. The molecule has 0 aliphatic heterocycles. The average Bonchev–Trinajstić information content (AvgIpc) is 3.28.